The maximum atomic E-state index is 11.8. The van der Waals surface area contributed by atoms with E-state index >= 15 is 0 Å². The van der Waals surface area contributed by atoms with Crippen LogP contribution in [0.2, 0.25) is 0 Å². The van der Waals surface area contributed by atoms with Crippen molar-refractivity contribution < 1.29 is 14.6 Å². The fraction of sp³-hybridized carbons (Fsp3) is 0.200. The minimum Gasteiger partial charge on any atom is -0.507 e. The fourth-order valence-corrected chi connectivity index (χ4v) is 2.19. The molecule has 2 aromatic rings. The van der Waals surface area contributed by atoms with E-state index in [1.165, 1.54) is 11.8 Å². The first-order chi connectivity index (χ1) is 12.0. The number of benzene rings is 2. The van der Waals surface area contributed by atoms with Gasteiger partial charge in [0.2, 0.25) is 0 Å². The van der Waals surface area contributed by atoms with Gasteiger partial charge in [0.15, 0.2) is 6.61 Å². The first-order valence-electron chi connectivity index (χ1n) is 7.95. The Morgan fingerprint density at radius 3 is 2.80 bits per heavy atom. The molecule has 5 heteroatoms. The molecule has 25 heavy (non-hydrogen) atoms. The number of aryl methyl sites for hydroxylation is 2. The molecule has 5 nitrogen and oxygen atoms in total. The summed E-state index contributed by atoms with van der Waals surface area (Å²) in [7, 11) is 0. The van der Waals surface area contributed by atoms with Crippen LogP contribution in [0.5, 0.6) is 11.5 Å². The number of aromatic hydroxyl groups is 1. The number of phenols is 1. The number of para-hydroxylation sites is 1. The van der Waals surface area contributed by atoms with Crippen molar-refractivity contribution in [3.8, 4) is 11.5 Å². The number of ether oxygens (including phenoxy) is 1. The second-order valence-electron chi connectivity index (χ2n) is 5.68. The largest absolute Gasteiger partial charge is 0.507 e. The molecule has 0 unspecified atom stereocenters. The van der Waals surface area contributed by atoms with Gasteiger partial charge in [0.05, 0.1) is 6.21 Å². The minimum atomic E-state index is -0.379. The third-order valence-electron chi connectivity index (χ3n) is 3.76. The summed E-state index contributed by atoms with van der Waals surface area (Å²) in [5.74, 6) is 0.389. The Balaban J connectivity index is 1.89. The summed E-state index contributed by atoms with van der Waals surface area (Å²) in [4.78, 5) is 11.8. The van der Waals surface area contributed by atoms with Gasteiger partial charge >= 0.3 is 0 Å². The smallest absolute Gasteiger partial charge is 0.277 e. The van der Waals surface area contributed by atoms with Crippen molar-refractivity contribution in [3.63, 3.8) is 0 Å². The van der Waals surface area contributed by atoms with Gasteiger partial charge in [-0.1, -0.05) is 24.3 Å². The van der Waals surface area contributed by atoms with Crippen LogP contribution in [-0.4, -0.2) is 23.8 Å². The van der Waals surface area contributed by atoms with Crippen LogP contribution in [0.1, 0.15) is 22.3 Å². The van der Waals surface area contributed by atoms with Gasteiger partial charge in [0.25, 0.3) is 5.91 Å². The predicted octanol–water partition coefficient (Wildman–Crippen LogP) is 3.27. The highest BCUT2D eigenvalue weighted by Gasteiger charge is 2.05. The minimum absolute atomic E-state index is 0.131. The van der Waals surface area contributed by atoms with Gasteiger partial charge in [-0.25, -0.2) is 5.43 Å². The number of carbonyl (C=O) groups excluding carboxylic acids is 1. The molecule has 1 amide bonds. The van der Waals surface area contributed by atoms with Crippen molar-refractivity contribution in [3.05, 3.63) is 71.3 Å². The number of phenolic OH excluding ortho intramolecular Hbond substituents is 1. The Morgan fingerprint density at radius 2 is 2.08 bits per heavy atom. The maximum Gasteiger partial charge on any atom is 0.277 e. The van der Waals surface area contributed by atoms with E-state index < -0.39 is 0 Å². The van der Waals surface area contributed by atoms with Gasteiger partial charge in [0, 0.05) is 5.56 Å². The van der Waals surface area contributed by atoms with Gasteiger partial charge in [-0.2, -0.15) is 5.10 Å². The molecular formula is C20H22N2O3. The van der Waals surface area contributed by atoms with Gasteiger partial charge < -0.3 is 9.84 Å². The van der Waals surface area contributed by atoms with Crippen LogP contribution in [0.25, 0.3) is 0 Å². The van der Waals surface area contributed by atoms with Crippen molar-refractivity contribution in [1.29, 1.82) is 0 Å². The van der Waals surface area contributed by atoms with Crippen LogP contribution in [-0.2, 0) is 11.2 Å². The Kier molecular flexibility index (Phi) is 6.34. The first-order valence-corrected chi connectivity index (χ1v) is 7.95. The molecule has 0 aliphatic heterocycles. The molecule has 0 radical (unpaired) electrons. The number of amides is 1. The topological polar surface area (TPSA) is 70.9 Å². The van der Waals surface area contributed by atoms with Crippen LogP contribution in [0.4, 0.5) is 0 Å². The predicted molar refractivity (Wildman–Crippen MR) is 99.2 cm³/mol. The summed E-state index contributed by atoms with van der Waals surface area (Å²) in [5.41, 5.74) is 5.93. The van der Waals surface area contributed by atoms with Gasteiger partial charge in [-0.05, 0) is 55.2 Å². The van der Waals surface area contributed by atoms with Crippen LogP contribution < -0.4 is 10.2 Å². The summed E-state index contributed by atoms with van der Waals surface area (Å²) in [5, 5.41) is 14.0. The van der Waals surface area contributed by atoms with Crippen molar-refractivity contribution in [2.24, 2.45) is 5.10 Å². The van der Waals surface area contributed by atoms with E-state index in [0.717, 1.165) is 11.1 Å². The van der Waals surface area contributed by atoms with E-state index in [1.807, 2.05) is 44.2 Å². The quantitative estimate of drug-likeness (QED) is 0.462. The number of carbonyl (C=O) groups is 1. The average molecular weight is 338 g/mol. The number of nitrogens with one attached hydrogen (secondary N) is 1. The van der Waals surface area contributed by atoms with Crippen LogP contribution in [0.15, 0.2) is 54.2 Å². The van der Waals surface area contributed by atoms with Gasteiger partial charge in [-0.3, -0.25) is 4.79 Å². The molecule has 0 aliphatic rings. The number of hydrazone groups is 1. The van der Waals surface area contributed by atoms with E-state index in [2.05, 4.69) is 17.1 Å². The Hall–Kier alpha value is -3.08. The molecule has 0 saturated heterocycles. The molecule has 0 bridgehead atoms. The van der Waals surface area contributed by atoms with E-state index in [9.17, 15) is 9.90 Å². The van der Waals surface area contributed by atoms with Crippen molar-refractivity contribution >= 4 is 12.1 Å². The van der Waals surface area contributed by atoms with Gasteiger partial charge in [-0.15, -0.1) is 6.58 Å². The van der Waals surface area contributed by atoms with E-state index in [1.54, 1.807) is 12.1 Å². The molecule has 0 aromatic heterocycles. The molecule has 2 rings (SSSR count). The van der Waals surface area contributed by atoms with Crippen LogP contribution in [0.3, 0.4) is 0 Å². The number of hydrogen-bond donors (Lipinski definition) is 2. The monoisotopic (exact) mass is 338 g/mol. The fourth-order valence-electron chi connectivity index (χ4n) is 2.19. The SMILES string of the molecule is C=CCc1cccc(C=NNC(=O)COc2ccc(C)c(C)c2)c1O. The highest BCUT2D eigenvalue weighted by atomic mass is 16.5. The maximum absolute atomic E-state index is 11.8. The molecule has 130 valence electrons. The standard InChI is InChI=1S/C20H22N2O3/c1-4-6-16-7-5-8-17(20(16)24)12-21-22-19(23)13-25-18-10-9-14(2)15(3)11-18/h4-5,7-12,24H,1,6,13H2,2-3H3,(H,22,23). The van der Waals surface area contributed by atoms with E-state index in [4.69, 9.17) is 4.74 Å². The summed E-state index contributed by atoms with van der Waals surface area (Å²) in [6, 6.07) is 11.0. The average Bonchev–Trinajstić information content (AvgIpc) is 2.59. The second kappa shape index (κ2) is 8.68. The molecule has 0 atom stereocenters. The number of rotatable bonds is 7. The molecule has 2 aromatic carbocycles. The molecule has 0 aliphatic carbocycles. The third-order valence-corrected chi connectivity index (χ3v) is 3.76. The van der Waals surface area contributed by atoms with Crippen molar-refractivity contribution in [2.75, 3.05) is 6.61 Å². The lowest BCUT2D eigenvalue weighted by atomic mass is 10.1. The summed E-state index contributed by atoms with van der Waals surface area (Å²) in [6.07, 6.45) is 3.67. The zero-order valence-corrected chi connectivity index (χ0v) is 14.5. The number of allylic oxidation sites excluding steroid dienone is 1. The van der Waals surface area contributed by atoms with Crippen molar-refractivity contribution in [1.82, 2.24) is 5.43 Å². The lowest BCUT2D eigenvalue weighted by molar-refractivity contribution is -0.123. The first kappa shape index (κ1) is 18.3. The number of hydrogen-bond acceptors (Lipinski definition) is 4. The Morgan fingerprint density at radius 1 is 1.28 bits per heavy atom. The lowest BCUT2D eigenvalue weighted by Gasteiger charge is -2.07. The van der Waals surface area contributed by atoms with E-state index in [-0.39, 0.29) is 18.3 Å². The zero-order valence-electron chi connectivity index (χ0n) is 14.5. The second-order valence-corrected chi connectivity index (χ2v) is 5.68. The molecule has 0 heterocycles. The summed E-state index contributed by atoms with van der Waals surface area (Å²) < 4.78 is 5.43. The van der Waals surface area contributed by atoms with Crippen LogP contribution in [0, 0.1) is 13.8 Å². The van der Waals surface area contributed by atoms with E-state index in [0.29, 0.717) is 17.7 Å². The van der Waals surface area contributed by atoms with Gasteiger partial charge in [0.1, 0.15) is 11.5 Å². The third kappa shape index (κ3) is 5.21. The number of nitrogens with zero attached hydrogens (tertiary/aromatic N) is 1. The highest BCUT2D eigenvalue weighted by Crippen LogP contribution is 2.21. The molecular weight excluding hydrogens is 316 g/mol. The van der Waals surface area contributed by atoms with Crippen LogP contribution >= 0.6 is 0 Å². The zero-order chi connectivity index (χ0) is 18.2. The molecule has 0 spiro atoms. The highest BCUT2D eigenvalue weighted by molar-refractivity contribution is 5.86. The summed E-state index contributed by atoms with van der Waals surface area (Å²) >= 11 is 0. The molecule has 0 fully saturated rings. The lowest BCUT2D eigenvalue weighted by Crippen LogP contribution is -2.24. The Bertz CT molecular complexity index is 798. The summed E-state index contributed by atoms with van der Waals surface area (Å²) in [6.45, 7) is 7.51. The molecule has 2 N–H and O–H groups in total. The van der Waals surface area contributed by atoms with Crippen molar-refractivity contribution in [2.45, 2.75) is 20.3 Å². The normalized spacial score (nSPS) is 10.6. The molecule has 0 saturated carbocycles. The Labute approximate surface area is 147 Å².